The van der Waals surface area contributed by atoms with Crippen LogP contribution < -0.4 is 10.2 Å². The van der Waals surface area contributed by atoms with E-state index < -0.39 is 0 Å². The van der Waals surface area contributed by atoms with Gasteiger partial charge in [0.05, 0.1) is 10.6 Å². The first kappa shape index (κ1) is 33.5. The van der Waals surface area contributed by atoms with Crippen molar-refractivity contribution in [2.24, 2.45) is 0 Å². The van der Waals surface area contributed by atoms with Crippen LogP contribution in [-0.2, 0) is 12.8 Å². The largest absolute Gasteiger partial charge is 0.355 e. The molecule has 2 aromatic carbocycles. The van der Waals surface area contributed by atoms with Crippen molar-refractivity contribution in [3.8, 4) is 0 Å². The fourth-order valence-electron chi connectivity index (χ4n) is 5.94. The number of para-hydroxylation sites is 1. The summed E-state index contributed by atoms with van der Waals surface area (Å²) >= 11 is 3.42. The van der Waals surface area contributed by atoms with Gasteiger partial charge in [-0.15, -0.1) is 11.3 Å². The van der Waals surface area contributed by atoms with Crippen LogP contribution in [0.25, 0.3) is 5.70 Å². The highest BCUT2D eigenvalue weighted by molar-refractivity contribution is 7.97. The number of aromatic nitrogens is 1. The Hall–Kier alpha value is -4.44. The Morgan fingerprint density at radius 2 is 1.83 bits per heavy atom. The van der Waals surface area contributed by atoms with E-state index in [0.29, 0.717) is 36.5 Å². The molecule has 6 rings (SSSR count). The molecule has 1 saturated heterocycles. The number of anilines is 2. The van der Waals surface area contributed by atoms with Crippen LogP contribution in [0.3, 0.4) is 0 Å². The number of amides is 1. The Labute approximate surface area is 291 Å². The number of carbonyl (C=O) groups excluding carboxylic acids is 1. The van der Waals surface area contributed by atoms with Crippen LogP contribution in [0.2, 0.25) is 0 Å². The molecule has 9 heteroatoms. The number of benzene rings is 2. The third-order valence-corrected chi connectivity index (χ3v) is 10.8. The molecule has 2 aliphatic rings. The smallest absolute Gasteiger partial charge is 0.276 e. The lowest BCUT2D eigenvalue weighted by molar-refractivity contribution is 0.0800. The zero-order valence-corrected chi connectivity index (χ0v) is 28.8. The van der Waals surface area contributed by atoms with Crippen LogP contribution in [-0.4, -0.2) is 52.8 Å². The normalized spacial score (nSPS) is 16.4. The number of halogens is 1. The fourth-order valence-corrected chi connectivity index (χ4v) is 8.07. The SMILES string of the molecule is C=C/C=C\C=C1/Cc2sc(C(=C)Nc3c(C)cccc3F)cc2CCN1C(=O)c1cccc(N2CCCN(Sc3ccccc3)CC2)n1. The monoisotopic (exact) mass is 677 g/mol. The molecular weight excluding hydrogens is 638 g/mol. The number of hydrogen-bond donors (Lipinski definition) is 1. The highest BCUT2D eigenvalue weighted by Crippen LogP contribution is 2.35. The molecule has 246 valence electrons. The average Bonchev–Trinajstić information content (AvgIpc) is 3.24. The van der Waals surface area contributed by atoms with Crippen molar-refractivity contribution in [2.45, 2.75) is 31.1 Å². The van der Waals surface area contributed by atoms with Gasteiger partial charge in [-0.05, 0) is 85.3 Å². The topological polar surface area (TPSA) is 51.7 Å². The van der Waals surface area contributed by atoms with E-state index in [0.717, 1.165) is 59.4 Å². The predicted molar refractivity (Wildman–Crippen MR) is 199 cm³/mol. The number of rotatable bonds is 9. The van der Waals surface area contributed by atoms with Gasteiger partial charge < -0.3 is 15.1 Å². The number of nitrogens with one attached hydrogen (secondary N) is 1. The van der Waals surface area contributed by atoms with Gasteiger partial charge in [0.15, 0.2) is 0 Å². The van der Waals surface area contributed by atoms with Crippen LogP contribution in [0.1, 0.15) is 37.8 Å². The van der Waals surface area contributed by atoms with Gasteiger partial charge in [0.25, 0.3) is 5.91 Å². The zero-order valence-electron chi connectivity index (χ0n) is 27.2. The van der Waals surface area contributed by atoms with Gasteiger partial charge in [0, 0.05) is 60.3 Å². The Balaban J connectivity index is 1.17. The second kappa shape index (κ2) is 15.6. The van der Waals surface area contributed by atoms with Crippen molar-refractivity contribution in [1.82, 2.24) is 14.2 Å². The van der Waals surface area contributed by atoms with E-state index in [4.69, 9.17) is 4.98 Å². The zero-order chi connectivity index (χ0) is 33.5. The van der Waals surface area contributed by atoms with Gasteiger partial charge in [-0.25, -0.2) is 13.7 Å². The van der Waals surface area contributed by atoms with Crippen LogP contribution in [0.4, 0.5) is 15.9 Å². The van der Waals surface area contributed by atoms with E-state index >= 15 is 0 Å². The van der Waals surface area contributed by atoms with Crippen molar-refractivity contribution in [3.05, 3.63) is 148 Å². The Kier molecular flexibility index (Phi) is 10.9. The lowest BCUT2D eigenvalue weighted by Crippen LogP contribution is -2.33. The molecule has 0 aliphatic carbocycles. The molecule has 2 aromatic heterocycles. The quantitative estimate of drug-likeness (QED) is 0.141. The van der Waals surface area contributed by atoms with Crippen molar-refractivity contribution in [2.75, 3.05) is 42.9 Å². The Bertz CT molecular complexity index is 1830. The summed E-state index contributed by atoms with van der Waals surface area (Å²) < 4.78 is 16.9. The van der Waals surface area contributed by atoms with Crippen molar-refractivity contribution < 1.29 is 9.18 Å². The molecule has 0 radical (unpaired) electrons. The summed E-state index contributed by atoms with van der Waals surface area (Å²) in [6.07, 6.45) is 9.78. The molecule has 0 atom stereocenters. The third-order valence-electron chi connectivity index (χ3n) is 8.48. The van der Waals surface area contributed by atoms with Crippen molar-refractivity contribution in [3.63, 3.8) is 0 Å². The maximum absolute atomic E-state index is 14.5. The van der Waals surface area contributed by atoms with E-state index in [9.17, 15) is 9.18 Å². The standard InChI is InChI=1S/C39H40FN5OS2/c1-4-5-7-14-31-27-36-30(26-35(47-36)29(3)41-38-28(2)13-10-17-33(38)40)20-23-45(31)39(46)34-18-11-19-37(42-34)43-21-12-22-44(25-24-43)48-32-15-8-6-9-16-32/h4-11,13-19,26,41H,1,3,12,20-25,27H2,2H3/b7-5-,31-14+. The van der Waals surface area contributed by atoms with E-state index in [2.05, 4.69) is 58.0 Å². The minimum absolute atomic E-state index is 0.109. The summed E-state index contributed by atoms with van der Waals surface area (Å²) in [6, 6.07) is 23.4. The number of hydrogen-bond acceptors (Lipinski definition) is 7. The lowest BCUT2D eigenvalue weighted by atomic mass is 10.1. The maximum atomic E-state index is 14.5. The van der Waals surface area contributed by atoms with Crippen LogP contribution in [0.15, 0.2) is 121 Å². The molecule has 0 bridgehead atoms. The molecule has 0 unspecified atom stereocenters. The van der Waals surface area contributed by atoms with E-state index in [1.165, 1.54) is 16.5 Å². The van der Waals surface area contributed by atoms with Gasteiger partial charge in [-0.3, -0.25) is 4.79 Å². The average molecular weight is 678 g/mol. The van der Waals surface area contributed by atoms with E-state index in [1.807, 2.05) is 60.4 Å². The first-order valence-corrected chi connectivity index (χ1v) is 17.8. The Morgan fingerprint density at radius 3 is 2.65 bits per heavy atom. The minimum Gasteiger partial charge on any atom is -0.355 e. The van der Waals surface area contributed by atoms with Crippen LogP contribution in [0, 0.1) is 12.7 Å². The minimum atomic E-state index is -0.305. The number of allylic oxidation sites excluding steroid dienone is 5. The third kappa shape index (κ3) is 7.98. The number of fused-ring (bicyclic) bond motifs is 1. The summed E-state index contributed by atoms with van der Waals surface area (Å²) in [6.45, 7) is 14.0. The Morgan fingerprint density at radius 1 is 1.00 bits per heavy atom. The molecule has 4 aromatic rings. The molecule has 4 heterocycles. The van der Waals surface area contributed by atoms with Crippen molar-refractivity contribution >= 4 is 46.4 Å². The molecular formula is C39H40FN5OS2. The molecule has 6 nitrogen and oxygen atoms in total. The van der Waals surface area contributed by atoms with Gasteiger partial charge >= 0.3 is 0 Å². The van der Waals surface area contributed by atoms with Crippen LogP contribution >= 0.6 is 23.3 Å². The molecule has 0 saturated carbocycles. The van der Waals surface area contributed by atoms with Gasteiger partial charge in [-0.2, -0.15) is 0 Å². The van der Waals surface area contributed by atoms with E-state index in [1.54, 1.807) is 35.4 Å². The summed E-state index contributed by atoms with van der Waals surface area (Å²) in [5.74, 6) is 0.419. The first-order valence-electron chi connectivity index (χ1n) is 16.2. The number of aryl methyl sites for hydroxylation is 1. The van der Waals surface area contributed by atoms with Gasteiger partial charge in [0.1, 0.15) is 17.3 Å². The maximum Gasteiger partial charge on any atom is 0.276 e. The molecule has 48 heavy (non-hydrogen) atoms. The molecule has 1 amide bonds. The molecule has 1 N–H and O–H groups in total. The second-order valence-corrected chi connectivity index (χ2v) is 14.1. The predicted octanol–water partition coefficient (Wildman–Crippen LogP) is 8.76. The summed E-state index contributed by atoms with van der Waals surface area (Å²) in [5.41, 5.74) is 4.42. The first-order chi connectivity index (χ1) is 23.4. The number of nitrogens with zero attached hydrogens (tertiary/aromatic N) is 4. The lowest BCUT2D eigenvalue weighted by Gasteiger charge is -2.25. The summed E-state index contributed by atoms with van der Waals surface area (Å²) in [7, 11) is 0. The van der Waals surface area contributed by atoms with Crippen molar-refractivity contribution in [1.29, 1.82) is 0 Å². The number of carbonyl (C=O) groups is 1. The summed E-state index contributed by atoms with van der Waals surface area (Å²) in [5, 5.41) is 3.19. The molecule has 0 spiro atoms. The van der Waals surface area contributed by atoms with Crippen LogP contribution in [0.5, 0.6) is 0 Å². The summed E-state index contributed by atoms with van der Waals surface area (Å²) in [4.78, 5) is 26.6. The number of pyridine rings is 1. The van der Waals surface area contributed by atoms with E-state index in [-0.39, 0.29) is 11.7 Å². The fraction of sp³-hybridized carbons (Fsp3) is 0.231. The molecule has 1 fully saturated rings. The van der Waals surface area contributed by atoms with Gasteiger partial charge in [0.2, 0.25) is 0 Å². The van der Waals surface area contributed by atoms with Gasteiger partial charge in [-0.1, -0.05) is 67.8 Å². The molecule has 2 aliphatic heterocycles. The second-order valence-electron chi connectivity index (χ2n) is 11.8. The highest BCUT2D eigenvalue weighted by Gasteiger charge is 2.27. The highest BCUT2D eigenvalue weighted by atomic mass is 32.2. The number of thiophene rings is 1.